The molecule has 0 bridgehead atoms. The third-order valence-electron chi connectivity index (χ3n) is 4.99. The lowest BCUT2D eigenvalue weighted by Gasteiger charge is -2.16. The number of carboxylic acids is 1. The van der Waals surface area contributed by atoms with E-state index in [2.05, 4.69) is 5.32 Å². The Bertz CT molecular complexity index is 1180. The molecule has 0 unspecified atom stereocenters. The summed E-state index contributed by atoms with van der Waals surface area (Å²) >= 11 is 12.1. The van der Waals surface area contributed by atoms with E-state index in [0.717, 1.165) is 0 Å². The summed E-state index contributed by atoms with van der Waals surface area (Å²) < 4.78 is 10.8. The molecule has 0 fully saturated rings. The molecule has 32 heavy (non-hydrogen) atoms. The Hall–Kier alpha value is -3.42. The van der Waals surface area contributed by atoms with Crippen LogP contribution in [0.5, 0.6) is 17.2 Å². The molecule has 1 heterocycles. The van der Waals surface area contributed by atoms with Crippen molar-refractivity contribution in [3.63, 3.8) is 0 Å². The fourth-order valence-electron chi connectivity index (χ4n) is 3.43. The third kappa shape index (κ3) is 4.30. The number of hydrogen-bond acceptors (Lipinski definition) is 5. The Balaban J connectivity index is 1.54. The average molecular weight is 474 g/mol. The normalized spacial score (nSPS) is 12.9. The lowest BCUT2D eigenvalue weighted by Crippen LogP contribution is -2.42. The number of halogens is 2. The summed E-state index contributed by atoms with van der Waals surface area (Å²) in [4.78, 5) is 24.3. The minimum absolute atomic E-state index is 0.0214. The molecule has 1 atom stereocenters. The van der Waals surface area contributed by atoms with Gasteiger partial charge in [-0.15, -0.1) is 0 Å². The maximum Gasteiger partial charge on any atom is 0.326 e. The predicted octanol–water partition coefficient (Wildman–Crippen LogP) is 4.52. The molecular weight excluding hydrogens is 457 g/mol. The van der Waals surface area contributed by atoms with Gasteiger partial charge in [0.25, 0.3) is 5.91 Å². The second-order valence-corrected chi connectivity index (χ2v) is 7.87. The van der Waals surface area contributed by atoms with Gasteiger partial charge in [-0.25, -0.2) is 4.79 Å². The first-order valence-electron chi connectivity index (χ1n) is 9.53. The number of benzene rings is 3. The summed E-state index contributed by atoms with van der Waals surface area (Å²) in [5.74, 6) is -0.852. The Labute approximate surface area is 193 Å². The van der Waals surface area contributed by atoms with Crippen molar-refractivity contribution in [1.29, 1.82) is 0 Å². The van der Waals surface area contributed by atoms with Gasteiger partial charge in [0, 0.05) is 6.42 Å². The van der Waals surface area contributed by atoms with Crippen molar-refractivity contribution in [3.8, 4) is 28.4 Å². The molecule has 0 aromatic heterocycles. The summed E-state index contributed by atoms with van der Waals surface area (Å²) in [6.45, 7) is 0.0688. The molecule has 0 aliphatic carbocycles. The highest BCUT2D eigenvalue weighted by atomic mass is 35.5. The number of rotatable bonds is 6. The predicted molar refractivity (Wildman–Crippen MR) is 119 cm³/mol. The monoisotopic (exact) mass is 473 g/mol. The van der Waals surface area contributed by atoms with Crippen LogP contribution in [0.25, 0.3) is 11.1 Å². The van der Waals surface area contributed by atoms with Gasteiger partial charge in [0.1, 0.15) is 11.8 Å². The highest BCUT2D eigenvalue weighted by Gasteiger charge is 2.25. The number of aliphatic carboxylic acids is 1. The number of phenols is 1. The van der Waals surface area contributed by atoms with E-state index in [1.807, 2.05) is 0 Å². The molecule has 164 valence electrons. The molecule has 0 saturated heterocycles. The molecular formula is C23H17Cl2NO6. The van der Waals surface area contributed by atoms with Crippen LogP contribution in [0.4, 0.5) is 0 Å². The van der Waals surface area contributed by atoms with Crippen LogP contribution in [0, 0.1) is 0 Å². The van der Waals surface area contributed by atoms with Crippen molar-refractivity contribution >= 4 is 35.1 Å². The van der Waals surface area contributed by atoms with E-state index in [4.69, 9.17) is 32.7 Å². The van der Waals surface area contributed by atoms with Crippen LogP contribution in [0.3, 0.4) is 0 Å². The van der Waals surface area contributed by atoms with Crippen LogP contribution in [0.1, 0.15) is 15.9 Å². The summed E-state index contributed by atoms with van der Waals surface area (Å²) in [5.41, 5.74) is 1.85. The second-order valence-electron chi connectivity index (χ2n) is 7.06. The number of amides is 1. The van der Waals surface area contributed by atoms with Gasteiger partial charge in [-0.1, -0.05) is 53.5 Å². The number of carbonyl (C=O) groups excluding carboxylic acids is 1. The second kappa shape index (κ2) is 8.98. The average Bonchev–Trinajstić information content (AvgIpc) is 3.22. The number of hydrogen-bond donors (Lipinski definition) is 3. The van der Waals surface area contributed by atoms with E-state index in [1.54, 1.807) is 36.4 Å². The molecule has 7 nitrogen and oxygen atoms in total. The van der Waals surface area contributed by atoms with Gasteiger partial charge >= 0.3 is 5.97 Å². The summed E-state index contributed by atoms with van der Waals surface area (Å²) in [6, 6.07) is 13.4. The quantitative estimate of drug-likeness (QED) is 0.485. The topological polar surface area (TPSA) is 105 Å². The van der Waals surface area contributed by atoms with Crippen LogP contribution >= 0.6 is 23.2 Å². The van der Waals surface area contributed by atoms with Crippen LogP contribution in [0.15, 0.2) is 54.6 Å². The molecule has 0 saturated carbocycles. The number of ether oxygens (including phenoxy) is 2. The summed E-state index contributed by atoms with van der Waals surface area (Å²) in [7, 11) is 0. The Morgan fingerprint density at radius 1 is 1.00 bits per heavy atom. The van der Waals surface area contributed by atoms with Crippen LogP contribution in [-0.2, 0) is 11.2 Å². The summed E-state index contributed by atoms with van der Waals surface area (Å²) in [5, 5.41) is 22.6. The van der Waals surface area contributed by atoms with E-state index < -0.39 is 17.9 Å². The third-order valence-corrected chi connectivity index (χ3v) is 5.62. The first-order chi connectivity index (χ1) is 15.3. The number of aromatic hydroxyl groups is 1. The lowest BCUT2D eigenvalue weighted by molar-refractivity contribution is -0.139. The minimum Gasteiger partial charge on any atom is -0.507 e. The van der Waals surface area contributed by atoms with Crippen molar-refractivity contribution in [2.75, 3.05) is 6.79 Å². The standard InChI is InChI=1S/C23H17Cl2NO6/c24-14-2-1-3-15(25)20(14)22(28)26-16(23(29)30)10-12-4-6-13(7-5-12)19-17(27)8-9-18-21(19)32-11-31-18/h1-9,16,27H,10-11H2,(H,26,28)(H,29,30)/t16-/m0/s1. The minimum atomic E-state index is -1.20. The molecule has 0 radical (unpaired) electrons. The van der Waals surface area contributed by atoms with Gasteiger partial charge in [-0.2, -0.15) is 0 Å². The van der Waals surface area contributed by atoms with E-state index in [-0.39, 0.29) is 34.6 Å². The Morgan fingerprint density at radius 3 is 2.34 bits per heavy atom. The van der Waals surface area contributed by atoms with Gasteiger partial charge in [0.2, 0.25) is 6.79 Å². The van der Waals surface area contributed by atoms with Gasteiger partial charge in [-0.05, 0) is 35.4 Å². The molecule has 1 amide bonds. The van der Waals surface area contributed by atoms with E-state index in [9.17, 15) is 19.8 Å². The smallest absolute Gasteiger partial charge is 0.326 e. The van der Waals surface area contributed by atoms with Crippen molar-refractivity contribution < 1.29 is 29.3 Å². The molecule has 0 spiro atoms. The van der Waals surface area contributed by atoms with E-state index in [1.165, 1.54) is 18.2 Å². The first kappa shape index (κ1) is 21.8. The number of nitrogens with one attached hydrogen (secondary N) is 1. The molecule has 1 aliphatic heterocycles. The maximum atomic E-state index is 12.6. The van der Waals surface area contributed by atoms with Gasteiger partial charge in [0.15, 0.2) is 11.5 Å². The first-order valence-corrected chi connectivity index (χ1v) is 10.3. The molecule has 3 N–H and O–H groups in total. The molecule has 9 heteroatoms. The molecule has 4 rings (SSSR count). The SMILES string of the molecule is O=C(N[C@@H](Cc1ccc(-c2c(O)ccc3c2OCO3)cc1)C(=O)O)c1c(Cl)cccc1Cl. The van der Waals surface area contributed by atoms with Crippen molar-refractivity contribution in [2.45, 2.75) is 12.5 Å². The summed E-state index contributed by atoms with van der Waals surface area (Å²) in [6.07, 6.45) is 0.0297. The zero-order chi connectivity index (χ0) is 22.8. The van der Waals surface area contributed by atoms with E-state index >= 15 is 0 Å². The van der Waals surface area contributed by atoms with Crippen molar-refractivity contribution in [2.24, 2.45) is 0 Å². The van der Waals surface area contributed by atoms with Crippen molar-refractivity contribution in [3.05, 3.63) is 75.8 Å². The fourth-order valence-corrected chi connectivity index (χ4v) is 4.00. The van der Waals surface area contributed by atoms with Gasteiger partial charge in [-0.3, -0.25) is 4.79 Å². The van der Waals surface area contributed by atoms with Gasteiger partial charge in [0.05, 0.1) is 21.2 Å². The van der Waals surface area contributed by atoms with E-state index in [0.29, 0.717) is 28.2 Å². The number of fused-ring (bicyclic) bond motifs is 1. The zero-order valence-electron chi connectivity index (χ0n) is 16.5. The van der Waals surface area contributed by atoms with Crippen LogP contribution in [-0.4, -0.2) is 34.9 Å². The highest BCUT2D eigenvalue weighted by Crippen LogP contribution is 2.46. The lowest BCUT2D eigenvalue weighted by atomic mass is 9.99. The highest BCUT2D eigenvalue weighted by molar-refractivity contribution is 6.39. The Kier molecular flexibility index (Phi) is 6.12. The van der Waals surface area contributed by atoms with Crippen molar-refractivity contribution in [1.82, 2.24) is 5.32 Å². The molecule has 3 aromatic carbocycles. The number of carbonyl (C=O) groups is 2. The Morgan fingerprint density at radius 2 is 1.69 bits per heavy atom. The largest absolute Gasteiger partial charge is 0.507 e. The van der Waals surface area contributed by atoms with Crippen LogP contribution < -0.4 is 14.8 Å². The van der Waals surface area contributed by atoms with Crippen LogP contribution in [0.2, 0.25) is 10.0 Å². The molecule has 1 aliphatic rings. The maximum absolute atomic E-state index is 12.6. The number of carboxylic acid groups (broad SMARTS) is 1. The zero-order valence-corrected chi connectivity index (χ0v) is 18.0. The number of phenolic OH excluding ortho intramolecular Hbond substituents is 1. The molecule has 3 aromatic rings. The van der Waals surface area contributed by atoms with Gasteiger partial charge < -0.3 is 25.0 Å². The fraction of sp³-hybridized carbons (Fsp3) is 0.130.